The molecule has 0 aromatic heterocycles. The molecule has 0 amide bonds. The number of anilines is 1. The molecule has 260 valence electrons. The van der Waals surface area contributed by atoms with Gasteiger partial charge in [-0.25, -0.2) is 17.6 Å². The first-order valence-electron chi connectivity index (χ1n) is 17.2. The van der Waals surface area contributed by atoms with Crippen molar-refractivity contribution in [2.45, 2.75) is 91.9 Å². The van der Waals surface area contributed by atoms with Crippen molar-refractivity contribution in [1.29, 1.82) is 0 Å². The number of nitrogens with two attached hydrogens (primary N) is 1. The van der Waals surface area contributed by atoms with Gasteiger partial charge >= 0.3 is 0 Å². The van der Waals surface area contributed by atoms with Gasteiger partial charge in [0.25, 0.3) is 0 Å². The molecule has 0 bridgehead atoms. The minimum Gasteiger partial charge on any atom is -0.394 e. The van der Waals surface area contributed by atoms with E-state index in [0.29, 0.717) is 0 Å². The molecule has 2 N–H and O–H groups in total. The number of hydrogen-bond donors (Lipinski definition) is 1. The number of unbranched alkanes of at least 4 members (excludes halogenated alkanes) is 4. The largest absolute Gasteiger partial charge is 0.394 e. The Labute approximate surface area is 300 Å². The molecule has 7 heteroatoms. The number of nitrogen functional groups attached to an aromatic ring is 1. The molecule has 4 aromatic rings. The zero-order valence-electron chi connectivity index (χ0n) is 29.3. The Morgan fingerprint density at radius 1 is 0.580 bits per heavy atom. The van der Waals surface area contributed by atoms with Crippen molar-refractivity contribution in [1.82, 2.24) is 0 Å². The molecule has 0 heterocycles. The zero-order chi connectivity index (χ0) is 36.5. The molecule has 0 saturated heterocycles. The molecule has 0 radical (unpaired) electrons. The van der Waals surface area contributed by atoms with E-state index in [-0.39, 0.29) is 11.1 Å². The molecule has 4 rings (SSSR count). The van der Waals surface area contributed by atoms with Gasteiger partial charge in [0.15, 0.2) is 11.6 Å². The number of aryl methyl sites for hydroxylation is 4. The zero-order valence-corrected chi connectivity index (χ0v) is 30.1. The van der Waals surface area contributed by atoms with E-state index >= 15 is 0 Å². The third kappa shape index (κ3) is 12.0. The van der Waals surface area contributed by atoms with Gasteiger partial charge in [-0.2, -0.15) is 4.99 Å². The molecule has 0 atom stereocenters. The van der Waals surface area contributed by atoms with Crippen molar-refractivity contribution >= 4 is 28.8 Å². The summed E-state index contributed by atoms with van der Waals surface area (Å²) < 4.78 is 54.7. The average Bonchev–Trinajstić information content (AvgIpc) is 3.11. The minimum absolute atomic E-state index is 0.261. The molecule has 0 aliphatic carbocycles. The van der Waals surface area contributed by atoms with E-state index in [2.05, 4.69) is 92.9 Å². The van der Waals surface area contributed by atoms with Crippen LogP contribution >= 0.6 is 12.2 Å². The second kappa shape index (κ2) is 20.7. The highest BCUT2D eigenvalue weighted by atomic mass is 32.1. The monoisotopic (exact) mass is 696 g/mol. The highest BCUT2D eigenvalue weighted by Crippen LogP contribution is 2.23. The van der Waals surface area contributed by atoms with Crippen molar-refractivity contribution in [3.8, 4) is 23.7 Å². The van der Waals surface area contributed by atoms with E-state index in [4.69, 9.17) is 5.73 Å². The average molecular weight is 697 g/mol. The minimum atomic E-state index is -0.798. The summed E-state index contributed by atoms with van der Waals surface area (Å²) >= 11 is 4.39. The van der Waals surface area contributed by atoms with Crippen LogP contribution in [0.2, 0.25) is 0 Å². The Kier molecular flexibility index (Phi) is 16.5. The van der Waals surface area contributed by atoms with Crippen molar-refractivity contribution in [3.05, 3.63) is 128 Å². The first kappa shape index (κ1) is 39.8. The van der Waals surface area contributed by atoms with Crippen molar-refractivity contribution in [2.24, 2.45) is 4.99 Å². The molecule has 0 aliphatic rings. The Balaban J connectivity index is 0.000000271. The molecule has 0 saturated carbocycles. The smallest absolute Gasteiger partial charge is 0.153 e. The summed E-state index contributed by atoms with van der Waals surface area (Å²) in [5, 5.41) is 1.97. The Morgan fingerprint density at radius 2 is 1.00 bits per heavy atom. The Bertz CT molecular complexity index is 1890. The number of isothiocyanates is 1. The van der Waals surface area contributed by atoms with E-state index in [1.807, 2.05) is 17.3 Å². The predicted octanol–water partition coefficient (Wildman–Crippen LogP) is 11.6. The van der Waals surface area contributed by atoms with Crippen LogP contribution in [0.3, 0.4) is 0 Å². The van der Waals surface area contributed by atoms with Crippen LogP contribution in [0.4, 0.5) is 28.9 Å². The third-order valence-electron chi connectivity index (χ3n) is 8.18. The van der Waals surface area contributed by atoms with Crippen LogP contribution in [0.1, 0.15) is 111 Å². The van der Waals surface area contributed by atoms with Gasteiger partial charge in [-0.15, -0.1) is 0 Å². The molecule has 2 nitrogen and oxygen atoms in total. The summed E-state index contributed by atoms with van der Waals surface area (Å²) in [6, 6.07) is 17.2. The number of aliphatic imine (C=N–C) groups is 1. The topological polar surface area (TPSA) is 38.4 Å². The maximum Gasteiger partial charge on any atom is 0.153 e. The highest BCUT2D eigenvalue weighted by Gasteiger charge is 2.10. The van der Waals surface area contributed by atoms with Gasteiger partial charge < -0.3 is 5.73 Å². The van der Waals surface area contributed by atoms with Crippen molar-refractivity contribution in [3.63, 3.8) is 0 Å². The molecular formula is C43H44F4N2S. The van der Waals surface area contributed by atoms with E-state index in [1.54, 1.807) is 0 Å². The van der Waals surface area contributed by atoms with Gasteiger partial charge in [-0.3, -0.25) is 0 Å². The van der Waals surface area contributed by atoms with Crippen LogP contribution in [-0.2, 0) is 25.7 Å². The van der Waals surface area contributed by atoms with E-state index in [9.17, 15) is 17.6 Å². The first-order valence-corrected chi connectivity index (χ1v) is 17.6. The summed E-state index contributed by atoms with van der Waals surface area (Å²) in [5.74, 6) is 8.58. The number of thiocarbonyl (C=S) groups is 1. The lowest BCUT2D eigenvalue weighted by molar-refractivity contribution is 0.587. The van der Waals surface area contributed by atoms with Crippen LogP contribution in [0.15, 0.2) is 65.7 Å². The van der Waals surface area contributed by atoms with Crippen LogP contribution in [-0.4, -0.2) is 5.16 Å². The Hall–Kier alpha value is -4.68. The van der Waals surface area contributed by atoms with Gasteiger partial charge in [-0.1, -0.05) is 101 Å². The van der Waals surface area contributed by atoms with Crippen LogP contribution < -0.4 is 5.73 Å². The predicted molar refractivity (Wildman–Crippen MR) is 202 cm³/mol. The summed E-state index contributed by atoms with van der Waals surface area (Å²) in [6.07, 6.45) is 11.1. The summed E-state index contributed by atoms with van der Waals surface area (Å²) in [6.45, 7) is 8.54. The fraction of sp³-hybridized carbons (Fsp3) is 0.326. The second-order valence-corrected chi connectivity index (χ2v) is 12.1. The quantitative estimate of drug-likeness (QED) is 0.0423. The van der Waals surface area contributed by atoms with E-state index in [0.717, 1.165) is 72.2 Å². The number of rotatable bonds is 11. The summed E-state index contributed by atoms with van der Waals surface area (Å²) in [4.78, 5) is 3.40. The highest BCUT2D eigenvalue weighted by molar-refractivity contribution is 7.78. The fourth-order valence-electron chi connectivity index (χ4n) is 5.32. The maximum atomic E-state index is 13.9. The second-order valence-electron chi connectivity index (χ2n) is 11.9. The van der Waals surface area contributed by atoms with Crippen LogP contribution in [0.5, 0.6) is 0 Å². The normalized spacial score (nSPS) is 10.2. The van der Waals surface area contributed by atoms with Crippen molar-refractivity contribution in [2.75, 3.05) is 5.73 Å². The lowest BCUT2D eigenvalue weighted by atomic mass is 9.98. The van der Waals surface area contributed by atoms with Gasteiger partial charge in [0.05, 0.1) is 5.16 Å². The Morgan fingerprint density at radius 3 is 1.38 bits per heavy atom. The molecule has 0 unspecified atom stereocenters. The van der Waals surface area contributed by atoms with Crippen LogP contribution in [0.25, 0.3) is 0 Å². The summed E-state index contributed by atoms with van der Waals surface area (Å²) in [5.41, 5.74) is 11.6. The number of nitrogens with zero attached hydrogens (tertiary/aromatic N) is 1. The van der Waals surface area contributed by atoms with Gasteiger partial charge in [0.2, 0.25) is 0 Å². The standard InChI is InChI=1S/C22H21F2NS.C21H23F2N/c1-3-5-6-7-16-8-10-19(18(4-2)12-16)11-9-17-13-20(23)22(25-15-26)21(24)14-17;1-3-5-6-7-15-8-10-18(17(4-2)12-15)11-9-16-13-19(22)21(24)20(23)14-16/h8,10,12-14H,3-7H2,1-2H3;8,10,12-14H,3-7,24H2,1-2H3. The molecule has 50 heavy (non-hydrogen) atoms. The van der Waals surface area contributed by atoms with Gasteiger partial charge in [0, 0.05) is 22.3 Å². The molecule has 0 spiro atoms. The lowest BCUT2D eigenvalue weighted by Crippen LogP contribution is -1.96. The van der Waals surface area contributed by atoms with E-state index < -0.39 is 34.6 Å². The van der Waals surface area contributed by atoms with Crippen LogP contribution in [0, 0.1) is 47.0 Å². The number of hydrogen-bond acceptors (Lipinski definition) is 3. The molecule has 0 aliphatic heterocycles. The SMILES string of the molecule is CCCCCc1ccc(C#Cc2cc(F)c(N)c(F)c2)c(CC)c1.CCCCCc1ccc(C#Cc2cc(F)c(N=C=S)c(F)c2)c(CC)c1. The van der Waals surface area contributed by atoms with Gasteiger partial charge in [0.1, 0.15) is 23.0 Å². The van der Waals surface area contributed by atoms with Crippen molar-refractivity contribution < 1.29 is 17.6 Å². The number of halogens is 4. The maximum absolute atomic E-state index is 13.9. The fourth-order valence-corrected chi connectivity index (χ4v) is 5.41. The molecule has 0 fully saturated rings. The first-order chi connectivity index (χ1) is 24.1. The molecular weight excluding hydrogens is 653 g/mol. The molecule has 4 aromatic carbocycles. The summed E-state index contributed by atoms with van der Waals surface area (Å²) in [7, 11) is 0. The van der Waals surface area contributed by atoms with E-state index in [1.165, 1.54) is 49.7 Å². The number of benzene rings is 4. The van der Waals surface area contributed by atoms with Gasteiger partial charge in [-0.05, 0) is 109 Å². The third-order valence-corrected chi connectivity index (χ3v) is 8.27. The lowest BCUT2D eigenvalue weighted by Gasteiger charge is -2.06.